The molecular weight excluding hydrogens is 316 g/mol. The molecule has 0 aromatic heterocycles. The van der Waals surface area contributed by atoms with Gasteiger partial charge in [-0.05, 0) is 27.7 Å². The third-order valence-corrected chi connectivity index (χ3v) is 5.93. The van der Waals surface area contributed by atoms with E-state index in [0.29, 0.717) is 24.4 Å². The molecule has 2 fully saturated rings. The van der Waals surface area contributed by atoms with Crippen molar-refractivity contribution in [2.75, 3.05) is 25.4 Å². The van der Waals surface area contributed by atoms with Crippen molar-refractivity contribution in [3.05, 3.63) is 0 Å². The van der Waals surface area contributed by atoms with Crippen LogP contribution in [0.25, 0.3) is 0 Å². The maximum Gasteiger partial charge on any atom is 0.410 e. The molecule has 6 nitrogen and oxygen atoms in total. The highest BCUT2D eigenvalue weighted by Gasteiger charge is 2.53. The van der Waals surface area contributed by atoms with Crippen molar-refractivity contribution < 1.29 is 19.4 Å². The fourth-order valence-corrected chi connectivity index (χ4v) is 4.50. The summed E-state index contributed by atoms with van der Waals surface area (Å²) in [4.78, 5) is 27.5. The molecule has 1 amide bonds. The number of ether oxygens (including phenoxy) is 1. The Morgan fingerprint density at radius 3 is 2.43 bits per heavy atom. The smallest absolute Gasteiger partial charge is 0.410 e. The summed E-state index contributed by atoms with van der Waals surface area (Å²) in [6.07, 6.45) is -0.292. The molecule has 2 heterocycles. The molecule has 7 heteroatoms. The highest BCUT2D eigenvalue weighted by molar-refractivity contribution is 8.00. The Hall–Kier alpha value is -0.950. The van der Waals surface area contributed by atoms with Crippen LogP contribution in [0.1, 0.15) is 41.0 Å². The van der Waals surface area contributed by atoms with Gasteiger partial charge in [0.1, 0.15) is 5.60 Å². The lowest BCUT2D eigenvalue weighted by molar-refractivity contribution is -0.147. The van der Waals surface area contributed by atoms with Gasteiger partial charge in [-0.2, -0.15) is 11.8 Å². The van der Waals surface area contributed by atoms with E-state index in [1.807, 2.05) is 32.5 Å². The van der Waals surface area contributed by atoms with Crippen LogP contribution in [0.4, 0.5) is 4.79 Å². The second-order valence-corrected chi connectivity index (χ2v) is 9.13. The van der Waals surface area contributed by atoms with E-state index < -0.39 is 17.1 Å². The fourth-order valence-electron chi connectivity index (χ4n) is 3.40. The number of carboxylic acid groups (broad SMARTS) is 1. The van der Waals surface area contributed by atoms with E-state index in [0.717, 1.165) is 12.3 Å². The van der Waals surface area contributed by atoms with Gasteiger partial charge in [-0.1, -0.05) is 6.92 Å². The number of carboxylic acids is 1. The lowest BCUT2D eigenvalue weighted by Crippen LogP contribution is -2.75. The average molecular weight is 344 g/mol. The number of thioether (sulfide) groups is 1. The number of nitrogens with zero attached hydrogens (tertiary/aromatic N) is 2. The van der Waals surface area contributed by atoms with E-state index in [1.54, 1.807) is 4.90 Å². The molecule has 2 rings (SSSR count). The van der Waals surface area contributed by atoms with Crippen LogP contribution >= 0.6 is 11.8 Å². The number of likely N-dealkylation sites (tertiary alicyclic amines) is 1. The lowest BCUT2D eigenvalue weighted by atomic mass is 9.83. The van der Waals surface area contributed by atoms with E-state index in [9.17, 15) is 14.7 Å². The summed E-state index contributed by atoms with van der Waals surface area (Å²) in [6, 6.07) is 0.300. The zero-order valence-electron chi connectivity index (χ0n) is 14.7. The molecule has 2 aliphatic heterocycles. The van der Waals surface area contributed by atoms with E-state index in [1.165, 1.54) is 0 Å². The number of hydrogen-bond acceptors (Lipinski definition) is 5. The maximum atomic E-state index is 12.2. The third kappa shape index (κ3) is 4.12. The number of aliphatic carboxylic acids is 1. The second kappa shape index (κ2) is 6.51. The second-order valence-electron chi connectivity index (χ2n) is 7.64. The van der Waals surface area contributed by atoms with Crippen LogP contribution in [-0.2, 0) is 9.53 Å². The van der Waals surface area contributed by atoms with Crippen LogP contribution in [0.5, 0.6) is 0 Å². The van der Waals surface area contributed by atoms with Crippen LogP contribution in [0.15, 0.2) is 0 Å². The maximum absolute atomic E-state index is 12.2. The van der Waals surface area contributed by atoms with Gasteiger partial charge in [0.2, 0.25) is 0 Å². The Morgan fingerprint density at radius 1 is 1.30 bits per heavy atom. The molecule has 0 spiro atoms. The minimum atomic E-state index is -0.813. The standard InChI is InChI=1S/C16H28N2O4S/c1-11-12(2)23-7-6-18(11)16(8-13(19)20)9-17(10-16)14(21)22-15(3,4)5/h11-12H,6-10H2,1-5H3,(H,19,20). The topological polar surface area (TPSA) is 70.1 Å². The minimum Gasteiger partial charge on any atom is -0.481 e. The summed E-state index contributed by atoms with van der Waals surface area (Å²) in [6.45, 7) is 11.6. The van der Waals surface area contributed by atoms with Crippen LogP contribution in [0.3, 0.4) is 0 Å². The molecule has 2 atom stereocenters. The van der Waals surface area contributed by atoms with Gasteiger partial charge in [0.15, 0.2) is 0 Å². The lowest BCUT2D eigenvalue weighted by Gasteiger charge is -2.58. The molecule has 2 unspecified atom stereocenters. The Bertz CT molecular complexity index is 471. The first-order chi connectivity index (χ1) is 10.5. The molecule has 0 saturated carbocycles. The van der Waals surface area contributed by atoms with Gasteiger partial charge in [0, 0.05) is 36.7 Å². The van der Waals surface area contributed by atoms with Gasteiger partial charge in [-0.3, -0.25) is 9.69 Å². The molecule has 0 radical (unpaired) electrons. The van der Waals surface area contributed by atoms with Gasteiger partial charge in [0.25, 0.3) is 0 Å². The van der Waals surface area contributed by atoms with Crippen LogP contribution < -0.4 is 0 Å². The van der Waals surface area contributed by atoms with Crippen molar-refractivity contribution >= 4 is 23.8 Å². The molecule has 0 aromatic rings. The Morgan fingerprint density at radius 2 is 1.91 bits per heavy atom. The molecule has 2 aliphatic rings. The van der Waals surface area contributed by atoms with Crippen LogP contribution in [-0.4, -0.2) is 74.8 Å². The van der Waals surface area contributed by atoms with Crippen molar-refractivity contribution in [1.82, 2.24) is 9.80 Å². The molecular formula is C16H28N2O4S. The van der Waals surface area contributed by atoms with Crippen LogP contribution in [0, 0.1) is 0 Å². The summed E-state index contributed by atoms with van der Waals surface area (Å²) in [5.41, 5.74) is -0.997. The largest absolute Gasteiger partial charge is 0.481 e. The Balaban J connectivity index is 2.09. The molecule has 0 aliphatic carbocycles. The van der Waals surface area contributed by atoms with Gasteiger partial charge in [-0.25, -0.2) is 4.79 Å². The highest BCUT2D eigenvalue weighted by atomic mass is 32.2. The highest BCUT2D eigenvalue weighted by Crippen LogP contribution is 2.38. The fraction of sp³-hybridized carbons (Fsp3) is 0.875. The van der Waals surface area contributed by atoms with Gasteiger partial charge in [0.05, 0.1) is 12.0 Å². The van der Waals surface area contributed by atoms with Crippen molar-refractivity contribution in [3.8, 4) is 0 Å². The first-order valence-corrected chi connectivity index (χ1v) is 9.17. The first kappa shape index (κ1) is 18.4. The van der Waals surface area contributed by atoms with Crippen molar-refractivity contribution in [2.45, 2.75) is 63.5 Å². The molecule has 1 N–H and O–H groups in total. The normalized spacial score (nSPS) is 28.1. The molecule has 132 valence electrons. The van der Waals surface area contributed by atoms with E-state index in [-0.39, 0.29) is 12.5 Å². The number of amides is 1. The van der Waals surface area contributed by atoms with E-state index >= 15 is 0 Å². The first-order valence-electron chi connectivity index (χ1n) is 8.12. The average Bonchev–Trinajstić information content (AvgIpc) is 2.34. The summed E-state index contributed by atoms with van der Waals surface area (Å²) >= 11 is 1.92. The number of carbonyl (C=O) groups is 2. The van der Waals surface area contributed by atoms with E-state index in [4.69, 9.17) is 4.74 Å². The minimum absolute atomic E-state index is 0.0635. The summed E-state index contributed by atoms with van der Waals surface area (Å²) in [5.74, 6) is 0.186. The van der Waals surface area contributed by atoms with Crippen LogP contribution in [0.2, 0.25) is 0 Å². The monoisotopic (exact) mass is 344 g/mol. The Kier molecular flexibility index (Phi) is 5.21. The molecule has 2 saturated heterocycles. The van der Waals surface area contributed by atoms with Crippen molar-refractivity contribution in [1.29, 1.82) is 0 Å². The summed E-state index contributed by atoms with van der Waals surface area (Å²) in [5, 5.41) is 9.80. The van der Waals surface area contributed by atoms with Gasteiger partial charge >= 0.3 is 12.1 Å². The molecule has 0 aromatic carbocycles. The molecule has 0 bridgehead atoms. The van der Waals surface area contributed by atoms with Gasteiger partial charge in [-0.15, -0.1) is 0 Å². The zero-order chi connectivity index (χ0) is 17.4. The quantitative estimate of drug-likeness (QED) is 0.847. The van der Waals surface area contributed by atoms with Crippen molar-refractivity contribution in [3.63, 3.8) is 0 Å². The predicted molar refractivity (Wildman–Crippen MR) is 90.9 cm³/mol. The number of carbonyl (C=O) groups excluding carboxylic acids is 1. The predicted octanol–water partition coefficient (Wildman–Crippen LogP) is 2.28. The molecule has 23 heavy (non-hydrogen) atoms. The number of rotatable bonds is 3. The SMILES string of the molecule is CC1SCCN(C2(CC(=O)O)CN(C(=O)OC(C)(C)C)C2)C1C. The number of hydrogen-bond donors (Lipinski definition) is 1. The van der Waals surface area contributed by atoms with Gasteiger partial charge < -0.3 is 14.7 Å². The van der Waals surface area contributed by atoms with Crippen molar-refractivity contribution in [2.24, 2.45) is 0 Å². The Labute approximate surface area is 142 Å². The summed E-state index contributed by atoms with van der Waals surface area (Å²) < 4.78 is 5.39. The van der Waals surface area contributed by atoms with E-state index in [2.05, 4.69) is 18.7 Å². The third-order valence-electron chi connectivity index (χ3n) is 4.60. The summed E-state index contributed by atoms with van der Waals surface area (Å²) in [7, 11) is 0. The zero-order valence-corrected chi connectivity index (χ0v) is 15.5.